The Morgan fingerprint density at radius 1 is 0.542 bits per heavy atom. The summed E-state index contributed by atoms with van der Waals surface area (Å²) in [5.74, 6) is -0.000953. The fraction of sp³-hybridized carbons (Fsp3) is 0.950. The number of carbonyl (C=O) groups is 1. The van der Waals surface area contributed by atoms with Crippen molar-refractivity contribution in [3.05, 3.63) is 0 Å². The molecule has 0 atom stereocenters. The number of alkyl halides is 2. The molecule has 0 amide bonds. The molecular weight excluding hydrogens is 432 g/mol. The highest BCUT2D eigenvalue weighted by atomic mass is 79.9. The lowest BCUT2D eigenvalue weighted by atomic mass is 10.1. The zero-order valence-corrected chi connectivity index (χ0v) is 18.7. The predicted molar refractivity (Wildman–Crippen MR) is 112 cm³/mol. The second kappa shape index (κ2) is 21.5. The van der Waals surface area contributed by atoms with E-state index in [1.165, 1.54) is 77.0 Å². The molecule has 0 aliphatic heterocycles. The van der Waals surface area contributed by atoms with E-state index in [1.807, 2.05) is 0 Å². The molecule has 0 aliphatic rings. The molecule has 144 valence electrons. The van der Waals surface area contributed by atoms with Crippen LogP contribution in [0.15, 0.2) is 0 Å². The highest BCUT2D eigenvalue weighted by Gasteiger charge is 2.02. The van der Waals surface area contributed by atoms with E-state index in [0.29, 0.717) is 13.0 Å². The first-order valence-electron chi connectivity index (χ1n) is 10.1. The monoisotopic (exact) mass is 468 g/mol. The number of ether oxygens (including phenoxy) is 1. The van der Waals surface area contributed by atoms with Crippen molar-refractivity contribution in [2.24, 2.45) is 0 Å². The first-order valence-corrected chi connectivity index (χ1v) is 12.3. The number of hydrogen-bond donors (Lipinski definition) is 0. The van der Waals surface area contributed by atoms with Crippen LogP contribution in [0.2, 0.25) is 0 Å². The molecule has 0 radical (unpaired) electrons. The van der Waals surface area contributed by atoms with Crippen molar-refractivity contribution in [1.29, 1.82) is 0 Å². The van der Waals surface area contributed by atoms with Crippen molar-refractivity contribution in [3.63, 3.8) is 0 Å². The van der Waals surface area contributed by atoms with Gasteiger partial charge in [0.15, 0.2) is 0 Å². The van der Waals surface area contributed by atoms with E-state index in [1.54, 1.807) is 0 Å². The van der Waals surface area contributed by atoms with Crippen molar-refractivity contribution in [2.45, 2.75) is 103 Å². The minimum absolute atomic E-state index is 0.000953. The van der Waals surface area contributed by atoms with Gasteiger partial charge in [-0.25, -0.2) is 0 Å². The summed E-state index contributed by atoms with van der Waals surface area (Å²) >= 11 is 6.91. The van der Waals surface area contributed by atoms with Gasteiger partial charge in [-0.2, -0.15) is 0 Å². The van der Waals surface area contributed by atoms with Gasteiger partial charge in [0.1, 0.15) is 0 Å². The highest BCUT2D eigenvalue weighted by molar-refractivity contribution is 9.09. The zero-order valence-electron chi connectivity index (χ0n) is 15.5. The lowest BCUT2D eigenvalue weighted by Crippen LogP contribution is -2.05. The summed E-state index contributed by atoms with van der Waals surface area (Å²) in [6.07, 6.45) is 19.5. The largest absolute Gasteiger partial charge is 0.466 e. The van der Waals surface area contributed by atoms with Crippen LogP contribution in [0.25, 0.3) is 0 Å². The summed E-state index contributed by atoms with van der Waals surface area (Å²) in [5, 5.41) is 2.24. The van der Waals surface area contributed by atoms with E-state index >= 15 is 0 Å². The van der Waals surface area contributed by atoms with Crippen LogP contribution in [-0.2, 0) is 9.53 Å². The van der Waals surface area contributed by atoms with Gasteiger partial charge in [-0.05, 0) is 25.7 Å². The van der Waals surface area contributed by atoms with E-state index in [0.717, 1.165) is 29.9 Å². The van der Waals surface area contributed by atoms with Crippen molar-refractivity contribution < 1.29 is 9.53 Å². The molecule has 0 N–H and O–H groups in total. The third-order valence-electron chi connectivity index (χ3n) is 4.31. The van der Waals surface area contributed by atoms with Gasteiger partial charge in [0.25, 0.3) is 0 Å². The molecule has 4 heteroatoms. The van der Waals surface area contributed by atoms with Gasteiger partial charge in [-0.3, -0.25) is 4.79 Å². The first-order chi connectivity index (χ1) is 11.8. The van der Waals surface area contributed by atoms with Gasteiger partial charge < -0.3 is 4.74 Å². The molecule has 0 rings (SSSR count). The summed E-state index contributed by atoms with van der Waals surface area (Å²) in [5.41, 5.74) is 0. The quantitative estimate of drug-likeness (QED) is 0.111. The lowest BCUT2D eigenvalue weighted by Gasteiger charge is -2.05. The second-order valence-electron chi connectivity index (χ2n) is 6.65. The standard InChI is InChI=1S/C20H38Br2O2/c21-17-13-9-5-3-1-2-4-6-11-15-19-24-20(23)16-12-8-7-10-14-18-22/h1-19H2. The Bertz CT molecular complexity index is 260. The third-order valence-corrected chi connectivity index (χ3v) is 5.43. The van der Waals surface area contributed by atoms with Gasteiger partial charge in [0, 0.05) is 17.1 Å². The Hall–Kier alpha value is 0.430. The van der Waals surface area contributed by atoms with E-state index in [9.17, 15) is 4.79 Å². The Morgan fingerprint density at radius 2 is 0.917 bits per heavy atom. The molecular formula is C20H38Br2O2. The maximum Gasteiger partial charge on any atom is 0.305 e. The predicted octanol–water partition coefficient (Wildman–Crippen LogP) is 7.56. The average Bonchev–Trinajstić information content (AvgIpc) is 2.59. The van der Waals surface area contributed by atoms with Crippen LogP contribution in [0.4, 0.5) is 0 Å². The van der Waals surface area contributed by atoms with E-state index < -0.39 is 0 Å². The fourth-order valence-corrected chi connectivity index (χ4v) is 3.56. The van der Waals surface area contributed by atoms with Crippen LogP contribution in [-0.4, -0.2) is 23.2 Å². The van der Waals surface area contributed by atoms with Crippen LogP contribution in [0.3, 0.4) is 0 Å². The summed E-state index contributed by atoms with van der Waals surface area (Å²) in [6, 6.07) is 0. The van der Waals surface area contributed by atoms with Gasteiger partial charge in [0.05, 0.1) is 6.61 Å². The summed E-state index contributed by atoms with van der Waals surface area (Å²) in [6.45, 7) is 0.620. The molecule has 0 fully saturated rings. The Balaban J connectivity index is 3.11. The molecule has 0 aliphatic carbocycles. The fourth-order valence-electron chi connectivity index (χ4n) is 2.76. The Kier molecular flexibility index (Phi) is 21.9. The van der Waals surface area contributed by atoms with Gasteiger partial charge >= 0.3 is 5.97 Å². The number of hydrogen-bond acceptors (Lipinski definition) is 2. The Labute approximate surface area is 167 Å². The Morgan fingerprint density at radius 3 is 1.38 bits per heavy atom. The zero-order chi connectivity index (χ0) is 17.7. The van der Waals surface area contributed by atoms with E-state index in [4.69, 9.17) is 4.74 Å². The number of carbonyl (C=O) groups excluding carboxylic acids is 1. The SMILES string of the molecule is O=C(CCCCCCCBr)OCCCCCCCCCCCCBr. The number of unbranched alkanes of at least 4 members (excludes halogenated alkanes) is 13. The molecule has 24 heavy (non-hydrogen) atoms. The minimum Gasteiger partial charge on any atom is -0.466 e. The summed E-state index contributed by atoms with van der Waals surface area (Å²) in [4.78, 5) is 11.6. The lowest BCUT2D eigenvalue weighted by molar-refractivity contribution is -0.143. The van der Waals surface area contributed by atoms with Crippen LogP contribution in [0.5, 0.6) is 0 Å². The normalized spacial score (nSPS) is 10.9. The van der Waals surface area contributed by atoms with Gasteiger partial charge in [-0.1, -0.05) is 102 Å². The highest BCUT2D eigenvalue weighted by Crippen LogP contribution is 2.11. The molecule has 0 aromatic heterocycles. The molecule has 0 aromatic rings. The smallest absolute Gasteiger partial charge is 0.305 e. The second-order valence-corrected chi connectivity index (χ2v) is 8.24. The molecule has 0 unspecified atom stereocenters. The molecule has 0 spiro atoms. The third kappa shape index (κ3) is 20.5. The molecule has 0 aromatic carbocycles. The average molecular weight is 470 g/mol. The minimum atomic E-state index is -0.000953. The van der Waals surface area contributed by atoms with Crippen molar-refractivity contribution in [1.82, 2.24) is 0 Å². The van der Waals surface area contributed by atoms with Crippen LogP contribution in [0, 0.1) is 0 Å². The van der Waals surface area contributed by atoms with E-state index in [-0.39, 0.29) is 5.97 Å². The summed E-state index contributed by atoms with van der Waals surface area (Å²) in [7, 11) is 0. The number of esters is 1. The van der Waals surface area contributed by atoms with Gasteiger partial charge in [-0.15, -0.1) is 0 Å². The first kappa shape index (κ1) is 24.4. The van der Waals surface area contributed by atoms with Crippen LogP contribution < -0.4 is 0 Å². The molecule has 0 heterocycles. The van der Waals surface area contributed by atoms with E-state index in [2.05, 4.69) is 31.9 Å². The van der Waals surface area contributed by atoms with Crippen LogP contribution >= 0.6 is 31.9 Å². The van der Waals surface area contributed by atoms with Crippen LogP contribution in [0.1, 0.15) is 103 Å². The maximum atomic E-state index is 11.6. The molecule has 0 saturated carbocycles. The molecule has 0 bridgehead atoms. The number of halogens is 2. The van der Waals surface area contributed by atoms with Gasteiger partial charge in [0.2, 0.25) is 0 Å². The number of rotatable bonds is 19. The summed E-state index contributed by atoms with van der Waals surface area (Å²) < 4.78 is 5.30. The topological polar surface area (TPSA) is 26.3 Å². The maximum absolute atomic E-state index is 11.6. The van der Waals surface area contributed by atoms with Crippen molar-refractivity contribution >= 4 is 37.8 Å². The molecule has 0 saturated heterocycles. The molecule has 2 nitrogen and oxygen atoms in total. The van der Waals surface area contributed by atoms with Crippen molar-refractivity contribution in [3.8, 4) is 0 Å². The van der Waals surface area contributed by atoms with Crippen molar-refractivity contribution in [2.75, 3.05) is 17.3 Å².